The smallest absolute Gasteiger partial charge is 0.242 e. The van der Waals surface area contributed by atoms with Gasteiger partial charge in [-0.15, -0.1) is 5.10 Å². The van der Waals surface area contributed by atoms with Gasteiger partial charge in [-0.05, 0) is 53.6 Å². The Balaban J connectivity index is 1.57. The number of ether oxygens (including phenoxy) is 3. The van der Waals surface area contributed by atoms with Gasteiger partial charge in [0.1, 0.15) is 11.4 Å². The lowest BCUT2D eigenvalue weighted by Gasteiger charge is -2.23. The minimum absolute atomic E-state index is 0.234. The summed E-state index contributed by atoms with van der Waals surface area (Å²) in [5, 5.41) is 15.8. The molecule has 208 valence electrons. The van der Waals surface area contributed by atoms with E-state index in [4.69, 9.17) is 14.2 Å². The third-order valence-corrected chi connectivity index (χ3v) is 7.18. The van der Waals surface area contributed by atoms with Gasteiger partial charge in [0.2, 0.25) is 5.43 Å². The highest BCUT2D eigenvalue weighted by Crippen LogP contribution is 2.51. The predicted octanol–water partition coefficient (Wildman–Crippen LogP) is 6.57. The van der Waals surface area contributed by atoms with Gasteiger partial charge >= 0.3 is 0 Å². The highest BCUT2D eigenvalue weighted by molar-refractivity contribution is 5.86. The van der Waals surface area contributed by atoms with Crippen LogP contribution in [-0.2, 0) is 5.41 Å². The largest absolute Gasteiger partial charge is 0.488 e. The van der Waals surface area contributed by atoms with E-state index in [1.165, 1.54) is 17.3 Å². The Labute approximate surface area is 234 Å². The van der Waals surface area contributed by atoms with Crippen LogP contribution in [0.4, 0.5) is 0 Å². The van der Waals surface area contributed by atoms with Gasteiger partial charge in [-0.1, -0.05) is 58.9 Å². The van der Waals surface area contributed by atoms with Crippen molar-refractivity contribution in [1.29, 1.82) is 0 Å². The number of aromatic amines is 1. The van der Waals surface area contributed by atoms with Gasteiger partial charge in [0.25, 0.3) is 0 Å². The SMILES string of the molecule is CCCOc1cnnc(-c2ccc3c(c2)C(C)(C)c2cc(-c4[nH]ncc(=O)c4OCCC)ccc2-3)c1OCCC. The van der Waals surface area contributed by atoms with Crippen LogP contribution >= 0.6 is 0 Å². The van der Waals surface area contributed by atoms with Crippen molar-refractivity contribution in [3.63, 3.8) is 0 Å². The summed E-state index contributed by atoms with van der Waals surface area (Å²) in [5.74, 6) is 1.54. The molecule has 0 radical (unpaired) electrons. The first kappa shape index (κ1) is 27.4. The predicted molar refractivity (Wildman–Crippen MR) is 156 cm³/mol. The zero-order valence-corrected chi connectivity index (χ0v) is 23.8. The van der Waals surface area contributed by atoms with Gasteiger partial charge in [0.15, 0.2) is 17.2 Å². The minimum Gasteiger partial charge on any atom is -0.488 e. The maximum absolute atomic E-state index is 12.6. The van der Waals surface area contributed by atoms with Crippen molar-refractivity contribution in [2.75, 3.05) is 19.8 Å². The van der Waals surface area contributed by atoms with Crippen molar-refractivity contribution >= 4 is 0 Å². The highest BCUT2D eigenvalue weighted by Gasteiger charge is 2.36. The van der Waals surface area contributed by atoms with Crippen molar-refractivity contribution < 1.29 is 14.2 Å². The Kier molecular flexibility index (Phi) is 7.87. The van der Waals surface area contributed by atoms with Gasteiger partial charge in [-0.25, -0.2) is 0 Å². The molecule has 4 aromatic rings. The van der Waals surface area contributed by atoms with Crippen molar-refractivity contribution in [2.24, 2.45) is 0 Å². The molecule has 0 atom stereocenters. The molecule has 40 heavy (non-hydrogen) atoms. The molecule has 0 spiro atoms. The number of hydrogen-bond donors (Lipinski definition) is 1. The van der Waals surface area contributed by atoms with E-state index in [1.54, 1.807) is 6.20 Å². The monoisotopic (exact) mass is 540 g/mol. The van der Waals surface area contributed by atoms with E-state index in [0.717, 1.165) is 41.5 Å². The topological polar surface area (TPSA) is 99.2 Å². The van der Waals surface area contributed by atoms with E-state index in [9.17, 15) is 4.79 Å². The first-order valence-electron chi connectivity index (χ1n) is 14.0. The van der Waals surface area contributed by atoms with Gasteiger partial charge in [0, 0.05) is 16.5 Å². The molecule has 0 saturated heterocycles. The number of aromatic nitrogens is 4. The summed E-state index contributed by atoms with van der Waals surface area (Å²) in [6.45, 7) is 12.2. The Bertz CT molecular complexity index is 1580. The molecule has 2 aromatic carbocycles. The van der Waals surface area contributed by atoms with Crippen LogP contribution in [0.5, 0.6) is 17.2 Å². The highest BCUT2D eigenvalue weighted by atomic mass is 16.5. The fourth-order valence-corrected chi connectivity index (χ4v) is 5.18. The summed E-state index contributed by atoms with van der Waals surface area (Å²) < 4.78 is 17.9. The molecule has 0 amide bonds. The van der Waals surface area contributed by atoms with Crippen LogP contribution in [0.25, 0.3) is 33.6 Å². The summed E-state index contributed by atoms with van der Waals surface area (Å²) in [7, 11) is 0. The zero-order chi connectivity index (χ0) is 28.3. The van der Waals surface area contributed by atoms with Crippen LogP contribution in [0.3, 0.4) is 0 Å². The van der Waals surface area contributed by atoms with Crippen molar-refractivity contribution in [3.05, 3.63) is 70.1 Å². The van der Waals surface area contributed by atoms with E-state index in [1.807, 2.05) is 13.0 Å². The number of hydrogen-bond acceptors (Lipinski definition) is 7. The molecule has 0 fully saturated rings. The van der Waals surface area contributed by atoms with Gasteiger partial charge < -0.3 is 14.2 Å². The lowest BCUT2D eigenvalue weighted by atomic mass is 9.81. The number of H-pyrrole nitrogens is 1. The number of nitrogens with one attached hydrogen (secondary N) is 1. The summed E-state index contributed by atoms with van der Waals surface area (Å²) >= 11 is 0. The van der Waals surface area contributed by atoms with E-state index >= 15 is 0 Å². The molecule has 0 saturated carbocycles. The fourth-order valence-electron chi connectivity index (χ4n) is 5.18. The Morgan fingerprint density at radius 2 is 1.38 bits per heavy atom. The second-order valence-electron chi connectivity index (χ2n) is 10.5. The molecular weight excluding hydrogens is 504 g/mol. The van der Waals surface area contributed by atoms with E-state index in [2.05, 4.69) is 78.4 Å². The lowest BCUT2D eigenvalue weighted by Crippen LogP contribution is -2.16. The van der Waals surface area contributed by atoms with Crippen LogP contribution in [0.2, 0.25) is 0 Å². The quantitative estimate of drug-likeness (QED) is 0.230. The van der Waals surface area contributed by atoms with E-state index in [0.29, 0.717) is 48.5 Å². The summed E-state index contributed by atoms with van der Waals surface area (Å²) in [4.78, 5) is 12.6. The molecule has 8 nitrogen and oxygen atoms in total. The molecule has 1 aliphatic rings. The van der Waals surface area contributed by atoms with Crippen molar-refractivity contribution in [3.8, 4) is 50.9 Å². The van der Waals surface area contributed by atoms with Gasteiger partial charge in [-0.3, -0.25) is 9.89 Å². The third-order valence-electron chi connectivity index (χ3n) is 7.18. The van der Waals surface area contributed by atoms with Gasteiger partial charge in [-0.2, -0.15) is 10.2 Å². The van der Waals surface area contributed by atoms with Crippen molar-refractivity contribution in [2.45, 2.75) is 59.3 Å². The lowest BCUT2D eigenvalue weighted by molar-refractivity contribution is 0.266. The molecule has 2 aromatic heterocycles. The normalized spacial score (nSPS) is 13.0. The third kappa shape index (κ3) is 4.94. The number of nitrogens with zero attached hydrogens (tertiary/aromatic N) is 3. The molecular formula is C32H36N4O4. The average Bonchev–Trinajstić information content (AvgIpc) is 3.19. The van der Waals surface area contributed by atoms with Crippen LogP contribution in [-0.4, -0.2) is 40.2 Å². The molecule has 1 N–H and O–H groups in total. The molecule has 0 bridgehead atoms. The molecule has 5 rings (SSSR count). The zero-order valence-electron chi connectivity index (χ0n) is 23.8. The molecule has 1 aliphatic carbocycles. The molecule has 2 heterocycles. The molecule has 8 heteroatoms. The summed E-state index contributed by atoms with van der Waals surface area (Å²) in [6.07, 6.45) is 5.45. The Morgan fingerprint density at radius 3 is 2.05 bits per heavy atom. The minimum atomic E-state index is -0.308. The molecule has 0 unspecified atom stereocenters. The van der Waals surface area contributed by atoms with Crippen LogP contribution in [0, 0.1) is 0 Å². The second-order valence-corrected chi connectivity index (χ2v) is 10.5. The first-order valence-corrected chi connectivity index (χ1v) is 14.0. The molecule has 0 aliphatic heterocycles. The Morgan fingerprint density at radius 1 is 0.775 bits per heavy atom. The maximum atomic E-state index is 12.6. The Hall–Kier alpha value is -4.20. The van der Waals surface area contributed by atoms with E-state index < -0.39 is 0 Å². The number of fused-ring (bicyclic) bond motifs is 3. The maximum Gasteiger partial charge on any atom is 0.242 e. The van der Waals surface area contributed by atoms with Gasteiger partial charge in [0.05, 0.1) is 32.2 Å². The number of benzene rings is 2. The fraction of sp³-hybridized carbons (Fsp3) is 0.375. The standard InChI is InChI=1S/C32H36N4O4/c1-6-13-38-27-19-34-36-29(31(27)40-15-8-3)21-10-12-23-22-11-9-20(16-24(22)32(4,5)25(23)17-21)28-30(39-14-7-2)26(37)18-33-35-28/h9-12,16-19H,6-8,13-15H2,1-5H3,(H,35,37). The van der Waals surface area contributed by atoms with E-state index in [-0.39, 0.29) is 10.8 Å². The number of rotatable bonds is 11. The summed E-state index contributed by atoms with van der Waals surface area (Å²) in [6, 6.07) is 12.7. The van der Waals surface area contributed by atoms with Crippen LogP contribution < -0.4 is 19.6 Å². The summed E-state index contributed by atoms with van der Waals surface area (Å²) in [5.41, 5.74) is 7.17. The van der Waals surface area contributed by atoms with Crippen molar-refractivity contribution in [1.82, 2.24) is 20.4 Å². The first-order chi connectivity index (χ1) is 19.4. The average molecular weight is 541 g/mol. The van der Waals surface area contributed by atoms with Crippen LogP contribution in [0.1, 0.15) is 65.0 Å². The van der Waals surface area contributed by atoms with Crippen LogP contribution in [0.15, 0.2) is 53.6 Å². The second kappa shape index (κ2) is 11.5.